The topological polar surface area (TPSA) is 37.4 Å². The Morgan fingerprint density at radius 1 is 1.67 bits per heavy atom. The zero-order valence-corrected chi connectivity index (χ0v) is 9.69. The van der Waals surface area contributed by atoms with Crippen LogP contribution >= 0.6 is 0 Å². The number of rotatable bonds is 4. The molecule has 0 aliphatic carbocycles. The smallest absolute Gasteiger partial charge is 0.227 e. The fourth-order valence-corrected chi connectivity index (χ4v) is 1.86. The molecule has 15 heavy (non-hydrogen) atoms. The molecule has 0 aromatic rings. The summed E-state index contributed by atoms with van der Waals surface area (Å²) >= 11 is 0. The van der Waals surface area contributed by atoms with Crippen LogP contribution in [0.1, 0.15) is 40.0 Å². The van der Waals surface area contributed by atoms with Crippen LogP contribution in [0, 0.1) is 5.92 Å². The fraction of sp³-hybridized carbons (Fsp3) is 0.667. The van der Waals surface area contributed by atoms with Crippen molar-refractivity contribution in [3.05, 3.63) is 12.3 Å². The van der Waals surface area contributed by atoms with Gasteiger partial charge in [-0.2, -0.15) is 0 Å². The summed E-state index contributed by atoms with van der Waals surface area (Å²) in [6, 6.07) is -0.219. The van der Waals surface area contributed by atoms with Gasteiger partial charge in [0.15, 0.2) is 5.78 Å². The monoisotopic (exact) mass is 209 g/mol. The van der Waals surface area contributed by atoms with Gasteiger partial charge in [-0.15, -0.1) is 0 Å². The molecule has 3 heteroatoms. The average Bonchev–Trinajstić information content (AvgIpc) is 2.59. The number of ketones is 1. The summed E-state index contributed by atoms with van der Waals surface area (Å²) in [5.74, 6) is 0.310. The molecule has 1 amide bonds. The Balaban J connectivity index is 2.77. The van der Waals surface area contributed by atoms with Crippen molar-refractivity contribution in [1.29, 1.82) is 0 Å². The third-order valence-corrected chi connectivity index (χ3v) is 2.99. The van der Waals surface area contributed by atoms with E-state index in [1.807, 2.05) is 20.8 Å². The van der Waals surface area contributed by atoms with Gasteiger partial charge >= 0.3 is 0 Å². The third kappa shape index (κ3) is 2.46. The lowest BCUT2D eigenvalue weighted by molar-refractivity contribution is -0.133. The van der Waals surface area contributed by atoms with E-state index < -0.39 is 0 Å². The van der Waals surface area contributed by atoms with Crippen molar-refractivity contribution in [2.45, 2.75) is 46.1 Å². The highest BCUT2D eigenvalue weighted by molar-refractivity contribution is 5.93. The quantitative estimate of drug-likeness (QED) is 0.711. The van der Waals surface area contributed by atoms with Gasteiger partial charge in [0.2, 0.25) is 5.91 Å². The molecule has 0 radical (unpaired) electrons. The zero-order chi connectivity index (χ0) is 11.4. The Hall–Kier alpha value is -1.12. The molecule has 2 atom stereocenters. The van der Waals surface area contributed by atoms with E-state index in [2.05, 4.69) is 0 Å². The summed E-state index contributed by atoms with van der Waals surface area (Å²) in [6.07, 6.45) is 5.54. The normalized spacial score (nSPS) is 23.8. The SMILES string of the molecule is C/C=C/N1C(=O)CCC1C(=O)C(C)CC. The highest BCUT2D eigenvalue weighted by Crippen LogP contribution is 2.23. The largest absolute Gasteiger partial charge is 0.309 e. The van der Waals surface area contributed by atoms with Crippen molar-refractivity contribution in [2.75, 3.05) is 0 Å². The van der Waals surface area contributed by atoms with Crippen molar-refractivity contribution < 1.29 is 9.59 Å². The standard InChI is InChI=1S/C12H19NO2/c1-4-8-13-10(6-7-11(13)14)12(15)9(3)5-2/h4,8-10H,5-7H2,1-3H3/b8-4+. The molecular weight excluding hydrogens is 190 g/mol. The number of hydrogen-bond donors (Lipinski definition) is 0. The first-order chi connectivity index (χ1) is 7.11. The molecule has 1 saturated heterocycles. The molecule has 3 nitrogen and oxygen atoms in total. The summed E-state index contributed by atoms with van der Waals surface area (Å²) in [6.45, 7) is 5.79. The van der Waals surface area contributed by atoms with Crippen LogP contribution in [-0.2, 0) is 9.59 Å². The Morgan fingerprint density at radius 2 is 2.33 bits per heavy atom. The minimum Gasteiger partial charge on any atom is -0.309 e. The molecular formula is C12H19NO2. The van der Waals surface area contributed by atoms with E-state index in [0.717, 1.165) is 6.42 Å². The first kappa shape index (κ1) is 12.0. The Kier molecular flexibility index (Phi) is 4.06. The second kappa shape index (κ2) is 5.10. The van der Waals surface area contributed by atoms with Crippen LogP contribution in [0.15, 0.2) is 12.3 Å². The molecule has 0 saturated carbocycles. The van der Waals surface area contributed by atoms with Crippen molar-refractivity contribution in [3.8, 4) is 0 Å². The maximum Gasteiger partial charge on any atom is 0.227 e. The Morgan fingerprint density at radius 3 is 2.87 bits per heavy atom. The van der Waals surface area contributed by atoms with E-state index in [1.54, 1.807) is 17.2 Å². The lowest BCUT2D eigenvalue weighted by atomic mass is 9.96. The van der Waals surface area contributed by atoms with Crippen LogP contribution in [0.5, 0.6) is 0 Å². The Bertz CT molecular complexity index is 283. The number of Topliss-reactive ketones (excluding diaryl/α,β-unsaturated/α-hetero) is 1. The number of allylic oxidation sites excluding steroid dienone is 1. The first-order valence-corrected chi connectivity index (χ1v) is 5.59. The summed E-state index contributed by atoms with van der Waals surface area (Å²) in [5.41, 5.74) is 0. The molecule has 0 bridgehead atoms. The molecule has 1 rings (SSSR count). The number of amides is 1. The van der Waals surface area contributed by atoms with Gasteiger partial charge in [-0.1, -0.05) is 19.9 Å². The molecule has 1 aliphatic rings. The average molecular weight is 209 g/mol. The van der Waals surface area contributed by atoms with E-state index in [-0.39, 0.29) is 23.7 Å². The predicted octanol–water partition coefficient (Wildman–Crippen LogP) is 2.13. The number of hydrogen-bond acceptors (Lipinski definition) is 2. The molecule has 0 aromatic heterocycles. The van der Waals surface area contributed by atoms with E-state index in [9.17, 15) is 9.59 Å². The van der Waals surface area contributed by atoms with Gasteiger partial charge in [0.05, 0.1) is 6.04 Å². The Labute approximate surface area is 91.1 Å². The minimum absolute atomic E-state index is 0.0497. The van der Waals surface area contributed by atoms with Crippen LogP contribution in [0.25, 0.3) is 0 Å². The van der Waals surface area contributed by atoms with E-state index in [1.165, 1.54) is 0 Å². The summed E-state index contributed by atoms with van der Waals surface area (Å²) in [5, 5.41) is 0. The number of carbonyl (C=O) groups is 2. The van der Waals surface area contributed by atoms with Gasteiger partial charge in [0.1, 0.15) is 0 Å². The van der Waals surface area contributed by atoms with Crippen LogP contribution in [0.2, 0.25) is 0 Å². The molecule has 0 aromatic carbocycles. The van der Waals surface area contributed by atoms with Crippen molar-refractivity contribution in [1.82, 2.24) is 4.90 Å². The summed E-state index contributed by atoms with van der Waals surface area (Å²) in [7, 11) is 0. The molecule has 2 unspecified atom stereocenters. The van der Waals surface area contributed by atoms with Crippen molar-refractivity contribution >= 4 is 11.7 Å². The van der Waals surface area contributed by atoms with E-state index >= 15 is 0 Å². The van der Waals surface area contributed by atoms with Gasteiger partial charge < -0.3 is 4.90 Å². The third-order valence-electron chi connectivity index (χ3n) is 2.99. The minimum atomic E-state index is -0.219. The molecule has 1 heterocycles. The molecule has 0 N–H and O–H groups in total. The van der Waals surface area contributed by atoms with Gasteiger partial charge in [0.25, 0.3) is 0 Å². The zero-order valence-electron chi connectivity index (χ0n) is 9.69. The van der Waals surface area contributed by atoms with E-state index in [4.69, 9.17) is 0 Å². The maximum atomic E-state index is 12.0. The van der Waals surface area contributed by atoms with Gasteiger partial charge in [-0.25, -0.2) is 0 Å². The lowest BCUT2D eigenvalue weighted by Crippen LogP contribution is -2.37. The predicted molar refractivity (Wildman–Crippen MR) is 59.1 cm³/mol. The van der Waals surface area contributed by atoms with Crippen molar-refractivity contribution in [2.24, 2.45) is 5.92 Å². The first-order valence-electron chi connectivity index (χ1n) is 5.59. The molecule has 1 aliphatic heterocycles. The summed E-state index contributed by atoms with van der Waals surface area (Å²) in [4.78, 5) is 25.1. The van der Waals surface area contributed by atoms with Crippen LogP contribution < -0.4 is 0 Å². The fourth-order valence-electron chi connectivity index (χ4n) is 1.86. The molecule has 1 fully saturated rings. The van der Waals surface area contributed by atoms with Crippen LogP contribution in [0.3, 0.4) is 0 Å². The highest BCUT2D eigenvalue weighted by atomic mass is 16.2. The lowest BCUT2D eigenvalue weighted by Gasteiger charge is -2.22. The highest BCUT2D eigenvalue weighted by Gasteiger charge is 2.35. The van der Waals surface area contributed by atoms with Crippen molar-refractivity contribution in [3.63, 3.8) is 0 Å². The molecule has 0 spiro atoms. The van der Waals surface area contributed by atoms with E-state index in [0.29, 0.717) is 12.8 Å². The molecule has 84 valence electrons. The number of carbonyl (C=O) groups excluding carboxylic acids is 2. The number of nitrogens with zero attached hydrogens (tertiary/aromatic N) is 1. The maximum absolute atomic E-state index is 12.0. The van der Waals surface area contributed by atoms with Crippen LogP contribution in [0.4, 0.5) is 0 Å². The van der Waals surface area contributed by atoms with Gasteiger partial charge in [-0.3, -0.25) is 9.59 Å². The number of likely N-dealkylation sites (tertiary alicyclic amines) is 1. The van der Waals surface area contributed by atoms with Gasteiger partial charge in [-0.05, 0) is 19.8 Å². The second-order valence-corrected chi connectivity index (χ2v) is 4.05. The van der Waals surface area contributed by atoms with Gasteiger partial charge in [0, 0.05) is 18.5 Å². The second-order valence-electron chi connectivity index (χ2n) is 4.05. The van der Waals surface area contributed by atoms with Crippen LogP contribution in [-0.4, -0.2) is 22.6 Å². The summed E-state index contributed by atoms with van der Waals surface area (Å²) < 4.78 is 0.